The summed E-state index contributed by atoms with van der Waals surface area (Å²) in [5, 5.41) is 3.07. The topological polar surface area (TPSA) is 93.3 Å². The number of H-pyrrole nitrogens is 1. The maximum Gasteiger partial charge on any atom is 0.285 e. The second kappa shape index (κ2) is 5.80. The van der Waals surface area contributed by atoms with Gasteiger partial charge in [-0.25, -0.2) is 14.5 Å². The van der Waals surface area contributed by atoms with Crippen molar-refractivity contribution in [2.45, 2.75) is 20.8 Å². The lowest BCUT2D eigenvalue weighted by atomic mass is 10.1. The molecule has 0 aliphatic heterocycles. The molecule has 0 unspecified atom stereocenters. The molecule has 0 atom stereocenters. The molecule has 4 rings (SSSR count). The molecule has 0 bridgehead atoms. The van der Waals surface area contributed by atoms with Crippen LogP contribution in [0, 0.1) is 13.8 Å². The third kappa shape index (κ3) is 2.36. The van der Waals surface area contributed by atoms with Crippen molar-refractivity contribution in [1.29, 1.82) is 0 Å². The second-order valence-corrected chi connectivity index (χ2v) is 6.11. The fraction of sp³-hybridized carbons (Fsp3) is 0.158. The van der Waals surface area contributed by atoms with Crippen molar-refractivity contribution < 1.29 is 9.21 Å². The lowest BCUT2D eigenvalue weighted by molar-refractivity contribution is 0.101. The van der Waals surface area contributed by atoms with Crippen LogP contribution >= 0.6 is 0 Å². The van der Waals surface area contributed by atoms with Crippen LogP contribution in [0.2, 0.25) is 0 Å². The van der Waals surface area contributed by atoms with Crippen molar-refractivity contribution in [1.82, 2.24) is 19.6 Å². The smallest absolute Gasteiger partial charge is 0.285 e. The number of aryl methyl sites for hydroxylation is 2. The minimum Gasteiger partial charge on any atom is -0.443 e. The van der Waals surface area contributed by atoms with E-state index in [4.69, 9.17) is 4.42 Å². The molecule has 1 N–H and O–H groups in total. The number of oxazole rings is 1. The fourth-order valence-electron chi connectivity index (χ4n) is 3.04. The summed E-state index contributed by atoms with van der Waals surface area (Å²) < 4.78 is 6.73. The molecular formula is C19H16N4O3. The first kappa shape index (κ1) is 16.0. The molecular weight excluding hydrogens is 332 g/mol. The first-order valence-corrected chi connectivity index (χ1v) is 8.11. The highest BCUT2D eigenvalue weighted by molar-refractivity contribution is 5.92. The number of Topliss-reactive ketones (excluding diaryl/α,β-unsaturated/α-hetero) is 1. The molecule has 0 aliphatic rings. The van der Waals surface area contributed by atoms with Crippen molar-refractivity contribution in [3.05, 3.63) is 64.0 Å². The van der Waals surface area contributed by atoms with Crippen molar-refractivity contribution in [2.24, 2.45) is 0 Å². The molecule has 0 fully saturated rings. The van der Waals surface area contributed by atoms with Gasteiger partial charge in [-0.05, 0) is 19.4 Å². The van der Waals surface area contributed by atoms with Crippen LogP contribution in [0.4, 0.5) is 0 Å². The molecule has 7 heteroatoms. The zero-order chi connectivity index (χ0) is 18.4. The van der Waals surface area contributed by atoms with E-state index >= 15 is 0 Å². The summed E-state index contributed by atoms with van der Waals surface area (Å²) in [6.45, 7) is 5.01. The number of ketones is 1. The van der Waals surface area contributed by atoms with E-state index in [-0.39, 0.29) is 28.5 Å². The van der Waals surface area contributed by atoms with Gasteiger partial charge in [0.05, 0.1) is 5.69 Å². The zero-order valence-corrected chi connectivity index (χ0v) is 14.5. The molecule has 0 radical (unpaired) electrons. The summed E-state index contributed by atoms with van der Waals surface area (Å²) in [7, 11) is 0. The quantitative estimate of drug-likeness (QED) is 0.574. The summed E-state index contributed by atoms with van der Waals surface area (Å²) in [4.78, 5) is 33.2. The van der Waals surface area contributed by atoms with E-state index in [9.17, 15) is 9.59 Å². The number of aromatic amines is 1. The average Bonchev–Trinajstić information content (AvgIpc) is 3.21. The Morgan fingerprint density at radius 1 is 1.12 bits per heavy atom. The van der Waals surface area contributed by atoms with Crippen LogP contribution in [0.3, 0.4) is 0 Å². The van der Waals surface area contributed by atoms with Crippen molar-refractivity contribution in [3.63, 3.8) is 0 Å². The lowest BCUT2D eigenvalue weighted by Gasteiger charge is -2.03. The van der Waals surface area contributed by atoms with E-state index in [0.717, 1.165) is 16.8 Å². The van der Waals surface area contributed by atoms with Crippen LogP contribution in [0.5, 0.6) is 0 Å². The second-order valence-electron chi connectivity index (χ2n) is 6.11. The number of benzene rings is 1. The molecule has 0 aliphatic carbocycles. The molecule has 26 heavy (non-hydrogen) atoms. The van der Waals surface area contributed by atoms with Crippen molar-refractivity contribution in [2.75, 3.05) is 0 Å². The largest absolute Gasteiger partial charge is 0.443 e. The number of hydrogen-bond donors (Lipinski definition) is 1. The number of rotatable bonds is 3. The van der Waals surface area contributed by atoms with E-state index < -0.39 is 0 Å². The Hall–Kier alpha value is -3.48. The van der Waals surface area contributed by atoms with Crippen LogP contribution in [0.25, 0.3) is 28.2 Å². The minimum absolute atomic E-state index is 0.0908. The van der Waals surface area contributed by atoms with Crippen LogP contribution in [0.15, 0.2) is 45.8 Å². The highest BCUT2D eigenvalue weighted by atomic mass is 16.3. The summed E-state index contributed by atoms with van der Waals surface area (Å²) in [6.07, 6.45) is 1.25. The predicted octanol–water partition coefficient (Wildman–Crippen LogP) is 3.16. The highest BCUT2D eigenvalue weighted by Crippen LogP contribution is 2.28. The molecule has 0 saturated heterocycles. The predicted molar refractivity (Wildman–Crippen MR) is 96.2 cm³/mol. The molecule has 3 heterocycles. The Kier molecular flexibility index (Phi) is 3.57. The maximum atomic E-state index is 13.0. The Balaban J connectivity index is 1.99. The molecule has 3 aromatic heterocycles. The van der Waals surface area contributed by atoms with Gasteiger partial charge in [-0.2, -0.15) is 0 Å². The standard InChI is InChI=1S/C19H16N4O3/c1-10-16(18-21-14(9-26-18)12(3)24)19(25)23-17(20-10)15(11(2)22-23)13-7-5-4-6-8-13/h4-9,22H,1-3H3. The van der Waals surface area contributed by atoms with E-state index in [1.807, 2.05) is 37.3 Å². The number of nitrogens with zero attached hydrogens (tertiary/aromatic N) is 3. The Bertz CT molecular complexity index is 1200. The van der Waals surface area contributed by atoms with Gasteiger partial charge in [0, 0.05) is 18.2 Å². The van der Waals surface area contributed by atoms with E-state index in [1.165, 1.54) is 17.7 Å². The van der Waals surface area contributed by atoms with Gasteiger partial charge in [-0.3, -0.25) is 14.7 Å². The van der Waals surface area contributed by atoms with E-state index in [2.05, 4.69) is 15.1 Å². The Morgan fingerprint density at radius 3 is 2.50 bits per heavy atom. The van der Waals surface area contributed by atoms with Gasteiger partial charge in [0.15, 0.2) is 11.4 Å². The van der Waals surface area contributed by atoms with E-state index in [1.54, 1.807) is 6.92 Å². The van der Waals surface area contributed by atoms with Gasteiger partial charge < -0.3 is 4.42 Å². The molecule has 7 nitrogen and oxygen atoms in total. The van der Waals surface area contributed by atoms with Gasteiger partial charge in [0.25, 0.3) is 5.56 Å². The van der Waals surface area contributed by atoms with Crippen LogP contribution in [-0.4, -0.2) is 25.4 Å². The maximum absolute atomic E-state index is 13.0. The molecule has 1 aromatic carbocycles. The first-order valence-electron chi connectivity index (χ1n) is 8.11. The van der Waals surface area contributed by atoms with Crippen molar-refractivity contribution >= 4 is 11.4 Å². The molecule has 0 saturated carbocycles. The number of fused-ring (bicyclic) bond motifs is 1. The highest BCUT2D eigenvalue weighted by Gasteiger charge is 2.21. The summed E-state index contributed by atoms with van der Waals surface area (Å²) >= 11 is 0. The van der Waals surface area contributed by atoms with Crippen molar-refractivity contribution in [3.8, 4) is 22.6 Å². The Labute approximate surface area is 148 Å². The van der Waals surface area contributed by atoms with Gasteiger partial charge in [0.1, 0.15) is 17.5 Å². The van der Waals surface area contributed by atoms with Crippen LogP contribution < -0.4 is 5.56 Å². The third-order valence-electron chi connectivity index (χ3n) is 4.28. The average molecular weight is 348 g/mol. The minimum atomic E-state index is -0.324. The van der Waals surface area contributed by atoms with Gasteiger partial charge in [-0.1, -0.05) is 30.3 Å². The molecule has 4 aromatic rings. The van der Waals surface area contributed by atoms with Gasteiger partial charge in [0.2, 0.25) is 5.89 Å². The Morgan fingerprint density at radius 2 is 1.85 bits per heavy atom. The number of aromatic nitrogens is 4. The molecule has 0 spiro atoms. The first-order chi connectivity index (χ1) is 12.5. The monoisotopic (exact) mass is 348 g/mol. The number of hydrogen-bond acceptors (Lipinski definition) is 5. The lowest BCUT2D eigenvalue weighted by Crippen LogP contribution is -2.19. The molecule has 0 amide bonds. The molecule has 130 valence electrons. The third-order valence-corrected chi connectivity index (χ3v) is 4.28. The summed E-state index contributed by atoms with van der Waals surface area (Å²) in [5.41, 5.74) is 3.78. The van der Waals surface area contributed by atoms with Crippen LogP contribution in [0.1, 0.15) is 28.8 Å². The summed E-state index contributed by atoms with van der Waals surface area (Å²) in [5.74, 6) is -0.137. The number of carbonyl (C=O) groups excluding carboxylic acids is 1. The van der Waals surface area contributed by atoms with E-state index in [0.29, 0.717) is 11.3 Å². The van der Waals surface area contributed by atoms with Gasteiger partial charge >= 0.3 is 0 Å². The fourth-order valence-corrected chi connectivity index (χ4v) is 3.04. The number of nitrogens with one attached hydrogen (secondary N) is 1. The SMILES string of the molecule is CC(=O)c1coc(-c2c(C)nc3c(-c4ccccc4)c(C)[nH]n3c2=O)n1. The van der Waals surface area contributed by atoms with Crippen LogP contribution in [-0.2, 0) is 0 Å². The van der Waals surface area contributed by atoms with Gasteiger partial charge in [-0.15, -0.1) is 0 Å². The normalized spacial score (nSPS) is 11.2. The zero-order valence-electron chi connectivity index (χ0n) is 14.5. The summed E-state index contributed by atoms with van der Waals surface area (Å²) in [6, 6.07) is 9.75. The number of carbonyl (C=O) groups is 1.